The monoisotopic (exact) mass is 505 g/mol. The van der Waals surface area contributed by atoms with Crippen LogP contribution in [0.3, 0.4) is 0 Å². The van der Waals surface area contributed by atoms with Crippen molar-refractivity contribution in [2.24, 2.45) is 4.99 Å². The second-order valence-electron chi connectivity index (χ2n) is 8.87. The molecule has 0 spiro atoms. The van der Waals surface area contributed by atoms with Crippen LogP contribution in [0.2, 0.25) is 0 Å². The molecule has 0 bridgehead atoms. The van der Waals surface area contributed by atoms with Crippen molar-refractivity contribution in [1.29, 1.82) is 0 Å². The van der Waals surface area contributed by atoms with E-state index in [0.29, 0.717) is 18.5 Å². The Morgan fingerprint density at radius 1 is 1.03 bits per heavy atom. The number of aromatic nitrogens is 1. The molecule has 1 aromatic carbocycles. The van der Waals surface area contributed by atoms with E-state index in [1.165, 1.54) is 69.8 Å². The van der Waals surface area contributed by atoms with Crippen LogP contribution in [0.5, 0.6) is 0 Å². The summed E-state index contributed by atoms with van der Waals surface area (Å²) in [5.41, 5.74) is 3.29. The second-order valence-corrected chi connectivity index (χ2v) is 9.70. The maximum atomic E-state index is 12.8. The van der Waals surface area contributed by atoms with Gasteiger partial charge >= 0.3 is 0 Å². The van der Waals surface area contributed by atoms with Crippen LogP contribution in [0.15, 0.2) is 34.6 Å². The lowest BCUT2D eigenvalue weighted by molar-refractivity contribution is -0.115. The number of carbonyl (C=O) groups is 1. The molecule has 1 N–H and O–H groups in total. The Balaban J connectivity index is 0.00000272. The number of nitrogens with one attached hydrogen (secondary N) is 1. The molecule has 1 aromatic heterocycles. The van der Waals surface area contributed by atoms with Crippen molar-refractivity contribution in [3.05, 3.63) is 45.7 Å². The first-order valence-electron chi connectivity index (χ1n) is 11.8. The number of halogens is 1. The summed E-state index contributed by atoms with van der Waals surface area (Å²) in [6, 6.07) is 9.14. The van der Waals surface area contributed by atoms with Gasteiger partial charge in [0.05, 0.1) is 12.5 Å². The average Bonchev–Trinajstić information content (AvgIpc) is 3.17. The molecule has 0 unspecified atom stereocenters. The number of carbonyl (C=O) groups excluding carboxylic acids is 1. The molecule has 6 heteroatoms. The summed E-state index contributed by atoms with van der Waals surface area (Å²) in [5.74, 6) is 0.0609. The van der Waals surface area contributed by atoms with Crippen molar-refractivity contribution < 1.29 is 4.79 Å². The minimum absolute atomic E-state index is 0. The van der Waals surface area contributed by atoms with Crippen molar-refractivity contribution in [1.82, 2.24) is 4.57 Å². The third kappa shape index (κ3) is 6.55. The SMILES string of the molecule is Br.CCc1ccc(NC(=O)Cc2csc(=NC3CCCCC3)n2C2CCCCC2)cc1. The highest BCUT2D eigenvalue weighted by molar-refractivity contribution is 8.93. The van der Waals surface area contributed by atoms with Crippen molar-refractivity contribution in [3.8, 4) is 0 Å². The summed E-state index contributed by atoms with van der Waals surface area (Å²) >= 11 is 1.73. The van der Waals surface area contributed by atoms with Gasteiger partial charge in [0.25, 0.3) is 0 Å². The quantitative estimate of drug-likeness (QED) is 0.471. The number of nitrogens with zero attached hydrogens (tertiary/aromatic N) is 2. The largest absolute Gasteiger partial charge is 0.326 e. The van der Waals surface area contributed by atoms with Gasteiger partial charge in [-0.1, -0.05) is 57.6 Å². The summed E-state index contributed by atoms with van der Waals surface area (Å²) in [7, 11) is 0. The van der Waals surface area contributed by atoms with Crippen LogP contribution >= 0.6 is 28.3 Å². The van der Waals surface area contributed by atoms with E-state index >= 15 is 0 Å². The molecule has 2 aliphatic carbocycles. The lowest BCUT2D eigenvalue weighted by Crippen LogP contribution is -2.28. The number of anilines is 1. The van der Waals surface area contributed by atoms with E-state index in [1.54, 1.807) is 11.3 Å². The molecule has 2 aliphatic rings. The fourth-order valence-corrected chi connectivity index (χ4v) is 5.89. The van der Waals surface area contributed by atoms with Gasteiger partial charge in [-0.3, -0.25) is 9.79 Å². The van der Waals surface area contributed by atoms with E-state index in [4.69, 9.17) is 4.99 Å². The highest BCUT2D eigenvalue weighted by atomic mass is 79.9. The molecule has 31 heavy (non-hydrogen) atoms. The maximum Gasteiger partial charge on any atom is 0.230 e. The van der Waals surface area contributed by atoms with Crippen LogP contribution in [0, 0.1) is 0 Å². The van der Waals surface area contributed by atoms with Crippen LogP contribution in [0.25, 0.3) is 0 Å². The summed E-state index contributed by atoms with van der Waals surface area (Å²) in [5, 5.41) is 5.26. The third-order valence-corrected chi connectivity index (χ3v) is 7.51. The van der Waals surface area contributed by atoms with Crippen molar-refractivity contribution in [3.63, 3.8) is 0 Å². The number of thiazole rings is 1. The highest BCUT2D eigenvalue weighted by Gasteiger charge is 2.22. The van der Waals surface area contributed by atoms with Crippen LogP contribution in [-0.2, 0) is 17.6 Å². The highest BCUT2D eigenvalue weighted by Crippen LogP contribution is 2.29. The van der Waals surface area contributed by atoms with Crippen LogP contribution < -0.4 is 10.1 Å². The van der Waals surface area contributed by atoms with Crippen LogP contribution in [0.4, 0.5) is 5.69 Å². The smallest absolute Gasteiger partial charge is 0.230 e. The van der Waals surface area contributed by atoms with Gasteiger partial charge in [-0.05, 0) is 49.8 Å². The van der Waals surface area contributed by atoms with Crippen molar-refractivity contribution >= 4 is 39.9 Å². The normalized spacial score (nSPS) is 18.5. The van der Waals surface area contributed by atoms with Crippen molar-refractivity contribution in [2.75, 3.05) is 5.32 Å². The molecule has 170 valence electrons. The topological polar surface area (TPSA) is 46.4 Å². The Hall–Kier alpha value is -1.40. The van der Waals surface area contributed by atoms with Gasteiger partial charge in [0.1, 0.15) is 0 Å². The van der Waals surface area contributed by atoms with E-state index in [9.17, 15) is 4.79 Å². The van der Waals surface area contributed by atoms with E-state index in [1.807, 2.05) is 12.1 Å². The molecule has 0 atom stereocenters. The Labute approximate surface area is 201 Å². The zero-order chi connectivity index (χ0) is 20.8. The lowest BCUT2D eigenvalue weighted by Gasteiger charge is -2.26. The molecule has 2 fully saturated rings. The minimum Gasteiger partial charge on any atom is -0.326 e. The standard InChI is InChI=1S/C25H35N3OS.BrH/c1-2-19-13-15-21(16-14-19)26-24(29)17-23-18-30-25(27-20-9-5-3-6-10-20)28(23)22-11-7-4-8-12-22;/h13-16,18,20,22H,2-12,17H2,1H3,(H,26,29);1H. The summed E-state index contributed by atoms with van der Waals surface area (Å²) in [6.07, 6.45) is 14.1. The first-order chi connectivity index (χ1) is 14.7. The first kappa shape index (κ1) is 24.2. The van der Waals surface area contributed by atoms with E-state index in [2.05, 4.69) is 34.3 Å². The zero-order valence-electron chi connectivity index (χ0n) is 18.6. The molecular weight excluding hydrogens is 470 g/mol. The van der Waals surface area contributed by atoms with Gasteiger partial charge < -0.3 is 9.88 Å². The fraction of sp³-hybridized carbons (Fsp3) is 0.600. The summed E-state index contributed by atoms with van der Waals surface area (Å²) in [4.78, 5) is 19.1. The fourth-order valence-electron chi connectivity index (χ4n) is 4.87. The number of benzene rings is 1. The number of rotatable bonds is 6. The molecule has 0 radical (unpaired) electrons. The number of amides is 1. The van der Waals surface area contributed by atoms with Gasteiger partial charge in [-0.25, -0.2) is 0 Å². The zero-order valence-corrected chi connectivity index (χ0v) is 21.2. The van der Waals surface area contributed by atoms with E-state index in [-0.39, 0.29) is 22.9 Å². The second kappa shape index (κ2) is 12.0. The molecule has 0 aliphatic heterocycles. The van der Waals surface area contributed by atoms with Crippen molar-refractivity contribution in [2.45, 2.75) is 96.1 Å². The Kier molecular flexibility index (Phi) is 9.39. The molecule has 4 rings (SSSR count). The molecule has 4 nitrogen and oxygen atoms in total. The maximum absolute atomic E-state index is 12.8. The van der Waals surface area contributed by atoms with Gasteiger partial charge in [-0.15, -0.1) is 28.3 Å². The predicted molar refractivity (Wildman–Crippen MR) is 135 cm³/mol. The molecule has 2 saturated carbocycles. The molecular formula is C25H36BrN3OS. The van der Waals surface area contributed by atoms with E-state index in [0.717, 1.165) is 22.6 Å². The summed E-state index contributed by atoms with van der Waals surface area (Å²) in [6.45, 7) is 2.14. The molecule has 1 heterocycles. The van der Waals surface area contributed by atoms with Gasteiger partial charge in [0, 0.05) is 22.8 Å². The predicted octanol–water partition coefficient (Wildman–Crippen LogP) is 6.61. The lowest BCUT2D eigenvalue weighted by atomic mass is 9.95. The first-order valence-corrected chi connectivity index (χ1v) is 12.7. The number of hydrogen-bond donors (Lipinski definition) is 1. The van der Waals surface area contributed by atoms with Crippen LogP contribution in [0.1, 0.15) is 88.4 Å². The Bertz CT molecular complexity index is 890. The van der Waals surface area contributed by atoms with Gasteiger partial charge in [0.15, 0.2) is 4.80 Å². The molecule has 0 saturated heterocycles. The van der Waals surface area contributed by atoms with Gasteiger partial charge in [-0.2, -0.15) is 0 Å². The minimum atomic E-state index is 0. The number of aryl methyl sites for hydroxylation is 1. The number of hydrogen-bond acceptors (Lipinski definition) is 3. The summed E-state index contributed by atoms with van der Waals surface area (Å²) < 4.78 is 2.43. The molecule has 1 amide bonds. The average molecular weight is 507 g/mol. The van der Waals surface area contributed by atoms with Gasteiger partial charge in [0.2, 0.25) is 5.91 Å². The Morgan fingerprint density at radius 3 is 2.32 bits per heavy atom. The molecule has 2 aromatic rings. The van der Waals surface area contributed by atoms with E-state index < -0.39 is 0 Å². The Morgan fingerprint density at radius 2 is 1.68 bits per heavy atom. The van der Waals surface area contributed by atoms with Crippen LogP contribution in [-0.4, -0.2) is 16.5 Å². The third-order valence-electron chi connectivity index (χ3n) is 6.61.